The van der Waals surface area contributed by atoms with Gasteiger partial charge in [-0.05, 0) is 24.3 Å². The topological polar surface area (TPSA) is 80.3 Å². The Balaban J connectivity index is 1.48. The molecule has 146 valence electrons. The lowest BCUT2D eigenvalue weighted by atomic mass is 10.1. The number of carbonyl (C=O) groups excluding carboxylic acids is 2. The Kier molecular flexibility index (Phi) is 5.29. The van der Waals surface area contributed by atoms with Crippen LogP contribution >= 0.6 is 0 Å². The van der Waals surface area contributed by atoms with Crippen molar-refractivity contribution >= 4 is 12.3 Å². The molecule has 0 aromatic heterocycles. The Hall–Kier alpha value is -4.00. The smallest absolute Gasteiger partial charge is 0.493 e. The molecule has 7 nitrogen and oxygen atoms in total. The summed E-state index contributed by atoms with van der Waals surface area (Å²) in [6, 6.07) is 20.0. The van der Waals surface area contributed by atoms with Crippen LogP contribution in [-0.4, -0.2) is 18.9 Å². The van der Waals surface area contributed by atoms with Gasteiger partial charge in [-0.3, -0.25) is 0 Å². The van der Waals surface area contributed by atoms with Crippen molar-refractivity contribution in [1.82, 2.24) is 0 Å². The van der Waals surface area contributed by atoms with Crippen LogP contribution in [0.25, 0.3) is 0 Å². The fourth-order valence-electron chi connectivity index (χ4n) is 2.78. The number of hydrogen-bond donors (Lipinski definition) is 0. The second-order valence-electron chi connectivity index (χ2n) is 6.03. The Morgan fingerprint density at radius 2 is 1.24 bits per heavy atom. The molecule has 4 rings (SSSR count). The molecule has 0 saturated heterocycles. The fourth-order valence-corrected chi connectivity index (χ4v) is 2.78. The molecule has 7 heteroatoms. The van der Waals surface area contributed by atoms with Crippen molar-refractivity contribution in [1.29, 1.82) is 0 Å². The highest BCUT2D eigenvalue weighted by atomic mass is 16.7. The minimum atomic E-state index is -0.924. The van der Waals surface area contributed by atoms with E-state index >= 15 is 0 Å². The van der Waals surface area contributed by atoms with Crippen LogP contribution in [0.1, 0.15) is 5.56 Å². The lowest BCUT2D eigenvalue weighted by Crippen LogP contribution is -2.16. The van der Waals surface area contributed by atoms with Gasteiger partial charge < -0.3 is 23.7 Å². The van der Waals surface area contributed by atoms with Crippen LogP contribution in [0, 0.1) is 0 Å². The highest BCUT2D eigenvalue weighted by Crippen LogP contribution is 2.38. The zero-order valence-electron chi connectivity index (χ0n) is 15.2. The van der Waals surface area contributed by atoms with Crippen molar-refractivity contribution in [3.8, 4) is 28.7 Å². The minimum absolute atomic E-state index is 0.120. The number of para-hydroxylation sites is 2. The van der Waals surface area contributed by atoms with Gasteiger partial charge >= 0.3 is 12.3 Å². The van der Waals surface area contributed by atoms with Crippen LogP contribution in [0.15, 0.2) is 72.8 Å². The van der Waals surface area contributed by atoms with Gasteiger partial charge in [-0.15, -0.1) is 0 Å². The molecule has 1 heterocycles. The Labute approximate surface area is 166 Å². The molecule has 0 N–H and O–H groups in total. The average Bonchev–Trinajstić information content (AvgIpc) is 3.18. The molecular formula is C22H16O7. The lowest BCUT2D eigenvalue weighted by Gasteiger charge is -2.11. The summed E-state index contributed by atoms with van der Waals surface area (Å²) in [7, 11) is 0. The number of carbonyl (C=O) groups is 2. The molecule has 3 aromatic rings. The van der Waals surface area contributed by atoms with E-state index in [0.29, 0.717) is 35.8 Å². The second kappa shape index (κ2) is 8.35. The van der Waals surface area contributed by atoms with Crippen molar-refractivity contribution in [2.75, 3.05) is 6.61 Å². The van der Waals surface area contributed by atoms with Crippen molar-refractivity contribution in [3.05, 3.63) is 78.4 Å². The van der Waals surface area contributed by atoms with Crippen LogP contribution in [-0.2, 0) is 6.42 Å². The van der Waals surface area contributed by atoms with E-state index < -0.39 is 12.3 Å². The zero-order valence-corrected chi connectivity index (χ0v) is 15.2. The SMILES string of the molecule is O=C(Oc1ccccc1)Oc1cc2c(c(OC(=O)Oc3ccccc3)c1)CCO2. The summed E-state index contributed by atoms with van der Waals surface area (Å²) in [4.78, 5) is 24.2. The van der Waals surface area contributed by atoms with Crippen molar-refractivity contribution in [3.63, 3.8) is 0 Å². The van der Waals surface area contributed by atoms with Crippen LogP contribution in [0.3, 0.4) is 0 Å². The monoisotopic (exact) mass is 392 g/mol. The van der Waals surface area contributed by atoms with Gasteiger partial charge in [0.05, 0.1) is 6.61 Å². The third-order valence-electron chi connectivity index (χ3n) is 4.03. The van der Waals surface area contributed by atoms with Gasteiger partial charge in [0.25, 0.3) is 0 Å². The summed E-state index contributed by atoms with van der Waals surface area (Å²) in [5.74, 6) is 1.48. The predicted octanol–water partition coefficient (Wildman–Crippen LogP) is 4.78. The van der Waals surface area contributed by atoms with Gasteiger partial charge in [-0.1, -0.05) is 36.4 Å². The molecule has 0 unspecified atom stereocenters. The van der Waals surface area contributed by atoms with E-state index in [4.69, 9.17) is 23.7 Å². The molecule has 0 radical (unpaired) electrons. The summed E-state index contributed by atoms with van der Waals surface area (Å²) in [6.07, 6.45) is -1.28. The van der Waals surface area contributed by atoms with E-state index in [2.05, 4.69) is 0 Å². The molecule has 0 fully saturated rings. The highest BCUT2D eigenvalue weighted by Gasteiger charge is 2.23. The van der Waals surface area contributed by atoms with Gasteiger partial charge in [0.2, 0.25) is 0 Å². The van der Waals surface area contributed by atoms with Crippen molar-refractivity contribution in [2.45, 2.75) is 6.42 Å². The van der Waals surface area contributed by atoms with E-state index in [1.165, 1.54) is 6.07 Å². The molecule has 29 heavy (non-hydrogen) atoms. The predicted molar refractivity (Wildman–Crippen MR) is 102 cm³/mol. The molecule has 0 atom stereocenters. The van der Waals surface area contributed by atoms with Gasteiger partial charge in [0.1, 0.15) is 28.7 Å². The van der Waals surface area contributed by atoms with Crippen LogP contribution in [0.4, 0.5) is 9.59 Å². The molecular weight excluding hydrogens is 376 g/mol. The number of fused-ring (bicyclic) bond motifs is 1. The van der Waals surface area contributed by atoms with Gasteiger partial charge in [-0.25, -0.2) is 9.59 Å². The van der Waals surface area contributed by atoms with Gasteiger partial charge in [-0.2, -0.15) is 0 Å². The fraction of sp³-hybridized carbons (Fsp3) is 0.0909. The number of ether oxygens (including phenoxy) is 5. The summed E-state index contributed by atoms with van der Waals surface area (Å²) in [6.45, 7) is 0.428. The van der Waals surface area contributed by atoms with E-state index in [1.807, 2.05) is 0 Å². The maximum atomic E-state index is 12.1. The highest BCUT2D eigenvalue weighted by molar-refractivity contribution is 5.71. The first-order valence-electron chi connectivity index (χ1n) is 8.86. The zero-order chi connectivity index (χ0) is 20.1. The van der Waals surface area contributed by atoms with Gasteiger partial charge in [0, 0.05) is 24.1 Å². The van der Waals surface area contributed by atoms with E-state index in [1.54, 1.807) is 66.7 Å². The number of rotatable bonds is 4. The maximum absolute atomic E-state index is 12.1. The third kappa shape index (κ3) is 4.65. The van der Waals surface area contributed by atoms with E-state index in [0.717, 1.165) is 0 Å². The minimum Gasteiger partial charge on any atom is -0.493 e. The van der Waals surface area contributed by atoms with E-state index in [-0.39, 0.29) is 11.5 Å². The standard InChI is InChI=1S/C22H16O7/c23-21(26-15-7-3-1-4-8-15)28-17-13-19-18(11-12-25-19)20(14-17)29-22(24)27-16-9-5-2-6-10-16/h1-10,13-14H,11-12H2. The summed E-state index contributed by atoms with van der Waals surface area (Å²) in [5.41, 5.74) is 0.693. The summed E-state index contributed by atoms with van der Waals surface area (Å²) >= 11 is 0. The molecule has 0 saturated carbocycles. The molecule has 1 aliphatic rings. The van der Waals surface area contributed by atoms with Crippen LogP contribution in [0.2, 0.25) is 0 Å². The average molecular weight is 392 g/mol. The Morgan fingerprint density at radius 1 is 0.690 bits per heavy atom. The first-order chi connectivity index (χ1) is 14.2. The van der Waals surface area contributed by atoms with Crippen LogP contribution in [0.5, 0.6) is 28.7 Å². The van der Waals surface area contributed by atoms with Gasteiger partial charge in [0.15, 0.2) is 0 Å². The molecule has 0 amide bonds. The number of benzene rings is 3. The van der Waals surface area contributed by atoms with E-state index in [9.17, 15) is 9.59 Å². The molecule has 1 aliphatic heterocycles. The summed E-state index contributed by atoms with van der Waals surface area (Å²) < 4.78 is 26.3. The molecule has 0 bridgehead atoms. The number of hydrogen-bond acceptors (Lipinski definition) is 7. The first kappa shape index (κ1) is 18.4. The second-order valence-corrected chi connectivity index (χ2v) is 6.03. The van der Waals surface area contributed by atoms with Crippen molar-refractivity contribution < 1.29 is 33.3 Å². The maximum Gasteiger partial charge on any atom is 0.519 e. The summed E-state index contributed by atoms with van der Waals surface area (Å²) in [5, 5.41) is 0. The normalized spacial score (nSPS) is 11.7. The first-order valence-corrected chi connectivity index (χ1v) is 8.86. The van der Waals surface area contributed by atoms with Crippen LogP contribution < -0.4 is 23.7 Å². The molecule has 0 aliphatic carbocycles. The molecule has 0 spiro atoms. The van der Waals surface area contributed by atoms with Crippen molar-refractivity contribution in [2.24, 2.45) is 0 Å². The molecule has 3 aromatic carbocycles. The third-order valence-corrected chi connectivity index (χ3v) is 4.03. The Bertz CT molecular complexity index is 1020. The Morgan fingerprint density at radius 3 is 1.86 bits per heavy atom. The lowest BCUT2D eigenvalue weighted by molar-refractivity contribution is 0.150. The quantitative estimate of drug-likeness (QED) is 0.467. The largest absolute Gasteiger partial charge is 0.519 e.